The number of thioether (sulfide) groups is 1. The van der Waals surface area contributed by atoms with Crippen molar-refractivity contribution in [1.82, 2.24) is 0 Å². The number of ether oxygens (including phenoxy) is 1. The summed E-state index contributed by atoms with van der Waals surface area (Å²) in [6.07, 6.45) is -1.72. The lowest BCUT2D eigenvalue weighted by Crippen LogP contribution is -2.26. The lowest BCUT2D eigenvalue weighted by atomic mass is 10.1. The molecule has 0 spiro atoms. The molecule has 8 heteroatoms. The first kappa shape index (κ1) is 17.8. The molecule has 24 heavy (non-hydrogen) atoms. The van der Waals surface area contributed by atoms with E-state index in [4.69, 9.17) is 9.84 Å². The van der Waals surface area contributed by atoms with Crippen LogP contribution in [0, 0.1) is 10.1 Å². The van der Waals surface area contributed by atoms with Crippen molar-refractivity contribution in [2.75, 3.05) is 7.11 Å². The maximum absolute atomic E-state index is 11.2. The van der Waals surface area contributed by atoms with Crippen LogP contribution in [0.1, 0.15) is 10.8 Å². The molecule has 7 nitrogen and oxygen atoms in total. The van der Waals surface area contributed by atoms with E-state index >= 15 is 0 Å². The van der Waals surface area contributed by atoms with E-state index in [1.807, 2.05) is 0 Å². The van der Waals surface area contributed by atoms with Crippen molar-refractivity contribution >= 4 is 23.4 Å². The van der Waals surface area contributed by atoms with Gasteiger partial charge in [0.25, 0.3) is 5.69 Å². The Morgan fingerprint density at radius 1 is 1.21 bits per heavy atom. The Kier molecular flexibility index (Phi) is 5.78. The predicted octanol–water partition coefficient (Wildman–Crippen LogP) is 2.88. The van der Waals surface area contributed by atoms with E-state index in [1.165, 1.54) is 25.3 Å². The number of aliphatic hydroxyl groups excluding tert-OH is 1. The van der Waals surface area contributed by atoms with Crippen molar-refractivity contribution in [2.45, 2.75) is 16.2 Å². The summed E-state index contributed by atoms with van der Waals surface area (Å²) in [6, 6.07) is 12.5. The number of hydrogen-bond acceptors (Lipinski definition) is 6. The van der Waals surface area contributed by atoms with Gasteiger partial charge in [-0.3, -0.25) is 10.1 Å². The fourth-order valence-corrected chi connectivity index (χ4v) is 3.31. The van der Waals surface area contributed by atoms with Crippen molar-refractivity contribution in [1.29, 1.82) is 0 Å². The van der Waals surface area contributed by atoms with E-state index in [-0.39, 0.29) is 10.6 Å². The number of rotatable bonds is 7. The summed E-state index contributed by atoms with van der Waals surface area (Å²) in [5.74, 6) is -0.820. The fourth-order valence-electron chi connectivity index (χ4n) is 2.08. The first-order valence-electron chi connectivity index (χ1n) is 6.89. The Bertz CT molecular complexity index is 734. The van der Waals surface area contributed by atoms with Crippen LogP contribution in [-0.4, -0.2) is 34.3 Å². The lowest BCUT2D eigenvalue weighted by Gasteiger charge is -2.20. The van der Waals surface area contributed by atoms with Gasteiger partial charge in [0.2, 0.25) is 0 Å². The van der Waals surface area contributed by atoms with Gasteiger partial charge in [-0.1, -0.05) is 24.3 Å². The highest BCUT2D eigenvalue weighted by atomic mass is 32.2. The van der Waals surface area contributed by atoms with E-state index in [9.17, 15) is 20.0 Å². The highest BCUT2D eigenvalue weighted by Crippen LogP contribution is 2.42. The number of carbonyl (C=O) groups is 1. The molecule has 0 saturated carbocycles. The maximum atomic E-state index is 11.2. The van der Waals surface area contributed by atoms with Crippen molar-refractivity contribution in [3.8, 4) is 5.75 Å². The van der Waals surface area contributed by atoms with Crippen LogP contribution in [0.2, 0.25) is 0 Å². The van der Waals surface area contributed by atoms with Crippen LogP contribution in [-0.2, 0) is 4.79 Å². The van der Waals surface area contributed by atoms with Crippen molar-refractivity contribution < 1.29 is 24.7 Å². The zero-order chi connectivity index (χ0) is 17.7. The zero-order valence-corrected chi connectivity index (χ0v) is 13.5. The average Bonchev–Trinajstić information content (AvgIpc) is 2.59. The average molecular weight is 349 g/mol. The molecule has 0 aliphatic heterocycles. The number of hydrogen-bond donors (Lipinski definition) is 2. The minimum absolute atomic E-state index is 0.140. The third-order valence-corrected chi connectivity index (χ3v) is 4.68. The minimum Gasteiger partial charge on any atom is -0.497 e. The number of aliphatic carboxylic acids is 1. The first-order valence-corrected chi connectivity index (χ1v) is 7.77. The van der Waals surface area contributed by atoms with Gasteiger partial charge in [-0.15, -0.1) is 11.8 Å². The topological polar surface area (TPSA) is 110 Å². The Morgan fingerprint density at radius 3 is 2.38 bits per heavy atom. The first-order chi connectivity index (χ1) is 11.4. The molecule has 2 rings (SSSR count). The molecule has 2 aromatic carbocycles. The molecule has 0 saturated heterocycles. The van der Waals surface area contributed by atoms with Gasteiger partial charge < -0.3 is 14.9 Å². The number of nitro groups is 1. The number of aliphatic hydroxyl groups is 1. The second kappa shape index (κ2) is 7.80. The third-order valence-electron chi connectivity index (χ3n) is 3.30. The molecule has 2 atom stereocenters. The van der Waals surface area contributed by atoms with Crippen LogP contribution in [0.3, 0.4) is 0 Å². The van der Waals surface area contributed by atoms with Gasteiger partial charge in [0, 0.05) is 6.07 Å². The van der Waals surface area contributed by atoms with Crippen molar-refractivity contribution in [3.63, 3.8) is 0 Å². The SMILES string of the molecule is COc1ccc([C@@H](Sc2ccccc2[N+](=O)[O-])[C@@H](O)C(=O)O)cc1. The van der Waals surface area contributed by atoms with E-state index in [2.05, 4.69) is 0 Å². The van der Waals surface area contributed by atoms with Gasteiger partial charge in [-0.2, -0.15) is 0 Å². The largest absolute Gasteiger partial charge is 0.497 e. The molecule has 0 fully saturated rings. The highest BCUT2D eigenvalue weighted by Gasteiger charge is 2.30. The fraction of sp³-hybridized carbons (Fsp3) is 0.188. The number of para-hydroxylation sites is 1. The van der Waals surface area contributed by atoms with E-state index < -0.39 is 22.2 Å². The van der Waals surface area contributed by atoms with Gasteiger partial charge in [-0.25, -0.2) is 4.79 Å². The summed E-state index contributed by atoms with van der Waals surface area (Å²) in [7, 11) is 1.50. The number of carboxylic acid groups (broad SMARTS) is 1. The second-order valence-electron chi connectivity index (χ2n) is 4.82. The standard InChI is InChI=1S/C16H15NO6S/c1-23-11-8-6-10(7-9-11)15(14(18)16(19)20)24-13-5-3-2-4-12(13)17(21)22/h2-9,14-15,18H,1H3,(H,19,20)/t14-,15-/m1/s1. The second-order valence-corrected chi connectivity index (χ2v) is 6.00. The molecule has 0 heterocycles. The maximum Gasteiger partial charge on any atom is 0.334 e. The molecule has 0 aromatic heterocycles. The van der Waals surface area contributed by atoms with E-state index in [0.29, 0.717) is 11.3 Å². The van der Waals surface area contributed by atoms with Crippen LogP contribution in [0.5, 0.6) is 5.75 Å². The minimum atomic E-state index is -1.72. The molecule has 126 valence electrons. The molecule has 0 amide bonds. The normalized spacial score (nSPS) is 13.1. The molecule has 2 N–H and O–H groups in total. The number of nitro benzene ring substituents is 1. The number of carboxylic acids is 1. The summed E-state index contributed by atoms with van der Waals surface area (Å²) < 4.78 is 5.05. The van der Waals surface area contributed by atoms with Crippen LogP contribution in [0.25, 0.3) is 0 Å². The lowest BCUT2D eigenvalue weighted by molar-refractivity contribution is -0.387. The quantitative estimate of drug-likeness (QED) is 0.449. The van der Waals surface area contributed by atoms with Gasteiger partial charge in [0.1, 0.15) is 5.75 Å². The Labute approximate surface area is 142 Å². The van der Waals surface area contributed by atoms with Crippen LogP contribution in [0.15, 0.2) is 53.4 Å². The molecule has 0 aliphatic carbocycles. The van der Waals surface area contributed by atoms with E-state index in [0.717, 1.165) is 11.8 Å². The molecule has 2 aromatic rings. The summed E-state index contributed by atoms with van der Waals surface area (Å²) in [6.45, 7) is 0. The zero-order valence-electron chi connectivity index (χ0n) is 12.7. The van der Waals surface area contributed by atoms with Crippen molar-refractivity contribution in [2.24, 2.45) is 0 Å². The van der Waals surface area contributed by atoms with Crippen LogP contribution < -0.4 is 4.74 Å². The Hall–Kier alpha value is -2.58. The molecule has 0 unspecified atom stereocenters. The molecule has 0 bridgehead atoms. The molecule has 0 aliphatic rings. The summed E-state index contributed by atoms with van der Waals surface area (Å²) in [4.78, 5) is 22.1. The highest BCUT2D eigenvalue weighted by molar-refractivity contribution is 7.99. The van der Waals surface area contributed by atoms with Gasteiger partial charge in [0.05, 0.1) is 22.2 Å². The molecular weight excluding hydrogens is 334 g/mol. The van der Waals surface area contributed by atoms with Gasteiger partial charge in [0.15, 0.2) is 6.10 Å². The Balaban J connectivity index is 2.40. The summed E-state index contributed by atoms with van der Waals surface area (Å²) in [5.41, 5.74) is 0.382. The number of nitrogens with zero attached hydrogens (tertiary/aromatic N) is 1. The number of benzene rings is 2. The molecular formula is C16H15NO6S. The summed E-state index contributed by atoms with van der Waals surface area (Å²) >= 11 is 0.933. The Morgan fingerprint density at radius 2 is 1.83 bits per heavy atom. The summed E-state index contributed by atoms with van der Waals surface area (Å²) in [5, 5.41) is 29.4. The van der Waals surface area contributed by atoms with Crippen LogP contribution >= 0.6 is 11.8 Å². The van der Waals surface area contributed by atoms with E-state index in [1.54, 1.807) is 30.3 Å². The third kappa shape index (κ3) is 4.03. The molecule has 0 radical (unpaired) electrons. The monoisotopic (exact) mass is 349 g/mol. The van der Waals surface area contributed by atoms with Crippen LogP contribution in [0.4, 0.5) is 5.69 Å². The number of methoxy groups -OCH3 is 1. The predicted molar refractivity (Wildman–Crippen MR) is 88.3 cm³/mol. The van der Waals surface area contributed by atoms with Gasteiger partial charge in [-0.05, 0) is 23.8 Å². The van der Waals surface area contributed by atoms with Gasteiger partial charge >= 0.3 is 5.97 Å². The van der Waals surface area contributed by atoms with Crippen molar-refractivity contribution in [3.05, 3.63) is 64.2 Å². The smallest absolute Gasteiger partial charge is 0.334 e.